The fraction of sp³-hybridized carbons (Fsp3) is 0.143. The van der Waals surface area contributed by atoms with E-state index < -0.39 is 23.9 Å². The highest BCUT2D eigenvalue weighted by Gasteiger charge is 2.21. The van der Waals surface area contributed by atoms with E-state index in [9.17, 15) is 19.2 Å². The first-order chi connectivity index (χ1) is 33.0. The Bertz CT molecular complexity index is 2730. The molecule has 0 saturated carbocycles. The Kier molecular flexibility index (Phi) is 15.7. The fourth-order valence-corrected chi connectivity index (χ4v) is 6.62. The van der Waals surface area contributed by atoms with E-state index >= 15 is 0 Å². The van der Waals surface area contributed by atoms with Crippen molar-refractivity contribution >= 4 is 23.9 Å². The predicted octanol–water partition coefficient (Wildman–Crippen LogP) is 10.9. The standard InChI is InChI=1S/C56H44N2O10/c1-37(33-63-47-23-19-45(20-24-47)53(59)67-49-27-15-43(16-28-49)41-11-7-39(31-57)8-12-41)35-65-55(61)51-5-3-4-6-52(51)56(62)66-36-38(2)34-64-48-25-21-46(22-26-48)54(60)68-50-29-17-44(18-30-50)42-13-9-40(32-58)10-14-42/h3-30,37-38H,33-36H2,1-2H3. The van der Waals surface area contributed by atoms with Crippen LogP contribution in [0.2, 0.25) is 0 Å². The third kappa shape index (κ3) is 12.8. The van der Waals surface area contributed by atoms with Gasteiger partial charge in [0.2, 0.25) is 0 Å². The average molecular weight is 905 g/mol. The van der Waals surface area contributed by atoms with Gasteiger partial charge in [-0.2, -0.15) is 10.5 Å². The summed E-state index contributed by atoms with van der Waals surface area (Å²) >= 11 is 0. The van der Waals surface area contributed by atoms with Crippen molar-refractivity contribution in [2.24, 2.45) is 11.8 Å². The molecule has 2 atom stereocenters. The summed E-state index contributed by atoms with van der Waals surface area (Å²) in [6, 6.07) is 52.1. The van der Waals surface area contributed by atoms with Gasteiger partial charge in [0.1, 0.15) is 23.0 Å². The summed E-state index contributed by atoms with van der Waals surface area (Å²) in [6.07, 6.45) is 0. The fourth-order valence-electron chi connectivity index (χ4n) is 6.62. The number of carbonyl (C=O) groups is 4. The van der Waals surface area contributed by atoms with E-state index in [4.69, 9.17) is 38.9 Å². The molecule has 0 amide bonds. The second-order valence-corrected chi connectivity index (χ2v) is 15.8. The summed E-state index contributed by atoms with van der Waals surface area (Å²) in [7, 11) is 0. The summed E-state index contributed by atoms with van der Waals surface area (Å²) in [5.41, 5.74) is 5.67. The average Bonchev–Trinajstić information content (AvgIpc) is 3.39. The molecule has 12 heteroatoms. The van der Waals surface area contributed by atoms with E-state index in [0.29, 0.717) is 45.3 Å². The van der Waals surface area contributed by atoms with Gasteiger partial charge in [-0.05, 0) is 131 Å². The molecule has 7 aromatic carbocycles. The number of nitriles is 2. The minimum atomic E-state index is -0.683. The molecule has 0 aliphatic heterocycles. The van der Waals surface area contributed by atoms with Gasteiger partial charge in [-0.25, -0.2) is 19.2 Å². The monoisotopic (exact) mass is 904 g/mol. The molecule has 2 unspecified atom stereocenters. The molecular weight excluding hydrogens is 861 g/mol. The van der Waals surface area contributed by atoms with Crippen LogP contribution in [0.1, 0.15) is 66.4 Å². The molecule has 0 bridgehead atoms. The molecule has 0 N–H and O–H groups in total. The summed E-state index contributed by atoms with van der Waals surface area (Å²) in [5, 5.41) is 18.0. The van der Waals surface area contributed by atoms with Crippen LogP contribution in [0.15, 0.2) is 170 Å². The third-order valence-corrected chi connectivity index (χ3v) is 10.4. The van der Waals surface area contributed by atoms with Crippen LogP contribution in [0.4, 0.5) is 0 Å². The van der Waals surface area contributed by atoms with Crippen molar-refractivity contribution in [1.82, 2.24) is 0 Å². The lowest BCUT2D eigenvalue weighted by Gasteiger charge is -2.16. The number of ether oxygens (including phenoxy) is 6. The zero-order chi connectivity index (χ0) is 47.8. The van der Waals surface area contributed by atoms with Gasteiger partial charge in [-0.15, -0.1) is 0 Å². The van der Waals surface area contributed by atoms with E-state index in [2.05, 4.69) is 12.1 Å². The molecule has 0 aromatic heterocycles. The molecule has 0 spiro atoms. The second kappa shape index (κ2) is 22.8. The molecule has 68 heavy (non-hydrogen) atoms. The number of nitrogens with zero attached hydrogens (tertiary/aromatic N) is 2. The molecule has 0 aliphatic rings. The van der Waals surface area contributed by atoms with Gasteiger partial charge in [0.05, 0.1) is 71.9 Å². The summed E-state index contributed by atoms with van der Waals surface area (Å²) in [4.78, 5) is 51.9. The summed E-state index contributed by atoms with van der Waals surface area (Å²) in [5.74, 6) is -1.06. The SMILES string of the molecule is CC(COC(=O)c1ccccc1C(=O)OCC(C)COc1ccc(C(=O)Oc2ccc(-c3ccc(C#N)cc3)cc2)cc1)COc1ccc(C(=O)Oc2ccc(-c3ccc(C#N)cc3)cc2)cc1. The lowest BCUT2D eigenvalue weighted by molar-refractivity contribution is 0.0368. The topological polar surface area (TPSA) is 171 Å². The molecule has 0 heterocycles. The molecular formula is C56H44N2O10. The Morgan fingerprint density at radius 2 is 0.706 bits per heavy atom. The largest absolute Gasteiger partial charge is 0.493 e. The van der Waals surface area contributed by atoms with Crippen molar-refractivity contribution in [3.63, 3.8) is 0 Å². The first-order valence-corrected chi connectivity index (χ1v) is 21.6. The van der Waals surface area contributed by atoms with Crippen LogP contribution >= 0.6 is 0 Å². The van der Waals surface area contributed by atoms with Crippen LogP contribution in [-0.4, -0.2) is 50.3 Å². The van der Waals surface area contributed by atoms with E-state index in [0.717, 1.165) is 22.3 Å². The lowest BCUT2D eigenvalue weighted by Crippen LogP contribution is -2.21. The second-order valence-electron chi connectivity index (χ2n) is 15.8. The van der Waals surface area contributed by atoms with E-state index in [-0.39, 0.29) is 49.4 Å². The Hall–Kier alpha value is -9.00. The van der Waals surface area contributed by atoms with Gasteiger partial charge in [0, 0.05) is 11.8 Å². The van der Waals surface area contributed by atoms with Crippen molar-refractivity contribution in [3.05, 3.63) is 203 Å². The summed E-state index contributed by atoms with van der Waals surface area (Å²) < 4.78 is 33.9. The van der Waals surface area contributed by atoms with Crippen LogP contribution in [0.3, 0.4) is 0 Å². The molecule has 0 aliphatic carbocycles. The molecule has 7 aromatic rings. The van der Waals surface area contributed by atoms with Gasteiger partial charge in [-0.3, -0.25) is 0 Å². The number of hydrogen-bond acceptors (Lipinski definition) is 12. The maximum Gasteiger partial charge on any atom is 0.343 e. The first-order valence-electron chi connectivity index (χ1n) is 21.6. The molecule has 338 valence electrons. The highest BCUT2D eigenvalue weighted by molar-refractivity contribution is 6.03. The maximum atomic E-state index is 13.1. The number of hydrogen-bond donors (Lipinski definition) is 0. The maximum absolute atomic E-state index is 13.1. The minimum Gasteiger partial charge on any atom is -0.493 e. The third-order valence-electron chi connectivity index (χ3n) is 10.4. The van der Waals surface area contributed by atoms with E-state index in [1.807, 2.05) is 62.4 Å². The van der Waals surface area contributed by atoms with Crippen molar-refractivity contribution in [1.29, 1.82) is 10.5 Å². The van der Waals surface area contributed by atoms with Crippen LogP contribution in [0.5, 0.6) is 23.0 Å². The van der Waals surface area contributed by atoms with Crippen LogP contribution in [0.25, 0.3) is 22.3 Å². The quantitative estimate of drug-likeness (QED) is 0.0590. The Morgan fingerprint density at radius 3 is 1.03 bits per heavy atom. The smallest absolute Gasteiger partial charge is 0.343 e. The minimum absolute atomic E-state index is 0.0168. The first kappa shape index (κ1) is 47.0. The highest BCUT2D eigenvalue weighted by atomic mass is 16.6. The number of benzene rings is 7. The van der Waals surface area contributed by atoms with Crippen LogP contribution in [-0.2, 0) is 9.47 Å². The van der Waals surface area contributed by atoms with Crippen LogP contribution in [0, 0.1) is 34.5 Å². The number of esters is 4. The molecule has 0 fully saturated rings. The van der Waals surface area contributed by atoms with E-state index in [1.165, 1.54) is 12.1 Å². The van der Waals surface area contributed by atoms with Crippen LogP contribution < -0.4 is 18.9 Å². The van der Waals surface area contributed by atoms with Crippen molar-refractivity contribution < 1.29 is 47.6 Å². The molecule has 7 rings (SSSR count). The lowest BCUT2D eigenvalue weighted by atomic mass is 10.0. The highest BCUT2D eigenvalue weighted by Crippen LogP contribution is 2.26. The predicted molar refractivity (Wildman–Crippen MR) is 252 cm³/mol. The van der Waals surface area contributed by atoms with Crippen molar-refractivity contribution in [2.75, 3.05) is 26.4 Å². The Labute approximate surface area is 393 Å². The zero-order valence-corrected chi connectivity index (χ0v) is 37.1. The van der Waals surface area contributed by atoms with Crippen molar-refractivity contribution in [2.45, 2.75) is 13.8 Å². The molecule has 12 nitrogen and oxygen atoms in total. The van der Waals surface area contributed by atoms with Gasteiger partial charge < -0.3 is 28.4 Å². The number of carbonyl (C=O) groups excluding carboxylic acids is 4. The zero-order valence-electron chi connectivity index (χ0n) is 37.1. The normalized spacial score (nSPS) is 11.4. The van der Waals surface area contributed by atoms with Gasteiger partial charge in [0.15, 0.2) is 0 Å². The van der Waals surface area contributed by atoms with Crippen molar-refractivity contribution in [3.8, 4) is 57.4 Å². The van der Waals surface area contributed by atoms with E-state index in [1.54, 1.807) is 109 Å². The molecule has 0 saturated heterocycles. The number of rotatable bonds is 18. The Morgan fingerprint density at radius 1 is 0.397 bits per heavy atom. The van der Waals surface area contributed by atoms with Gasteiger partial charge in [-0.1, -0.05) is 74.5 Å². The molecule has 0 radical (unpaired) electrons. The van der Waals surface area contributed by atoms with Gasteiger partial charge >= 0.3 is 23.9 Å². The van der Waals surface area contributed by atoms with Gasteiger partial charge in [0.25, 0.3) is 0 Å². The summed E-state index contributed by atoms with van der Waals surface area (Å²) in [6.45, 7) is 4.15. The Balaban J connectivity index is 0.801.